The van der Waals surface area contributed by atoms with Crippen LogP contribution in [0, 0.1) is 11.8 Å². The van der Waals surface area contributed by atoms with Crippen molar-refractivity contribution < 1.29 is 24.2 Å². The lowest BCUT2D eigenvalue weighted by molar-refractivity contribution is -0.144. The molecule has 2 heterocycles. The van der Waals surface area contributed by atoms with Gasteiger partial charge in [0, 0.05) is 25.3 Å². The van der Waals surface area contributed by atoms with Crippen LogP contribution >= 0.6 is 0 Å². The Bertz CT molecular complexity index is 827. The number of hydrogen-bond donors (Lipinski definition) is 1. The largest absolute Gasteiger partial charge is 0.481 e. The van der Waals surface area contributed by atoms with E-state index in [1.165, 1.54) is 4.90 Å². The lowest BCUT2D eigenvalue weighted by Crippen LogP contribution is -2.52. The van der Waals surface area contributed by atoms with E-state index in [1.54, 1.807) is 31.9 Å². The third-order valence-electron chi connectivity index (χ3n) is 5.63. The molecule has 0 aromatic carbocycles. The highest BCUT2D eigenvalue weighted by atomic mass is 16.6. The van der Waals surface area contributed by atoms with Crippen LogP contribution in [0.2, 0.25) is 0 Å². The molecule has 8 heteroatoms. The number of anilines is 1. The van der Waals surface area contributed by atoms with Crippen molar-refractivity contribution >= 4 is 23.8 Å². The summed E-state index contributed by atoms with van der Waals surface area (Å²) in [5.74, 6) is -1.70. The normalized spacial score (nSPS) is 21.7. The minimum Gasteiger partial charge on any atom is -0.481 e. The number of pyridine rings is 1. The average Bonchev–Trinajstić information content (AvgIpc) is 3.51. The summed E-state index contributed by atoms with van der Waals surface area (Å²) in [7, 11) is 0. The molecule has 2 atom stereocenters. The first kappa shape index (κ1) is 23.0. The fourth-order valence-electron chi connectivity index (χ4n) is 3.82. The number of hydrogen-bond acceptors (Lipinski definition) is 5. The van der Waals surface area contributed by atoms with Gasteiger partial charge in [-0.25, -0.2) is 9.78 Å². The lowest BCUT2D eigenvalue weighted by atomic mass is 9.88. The van der Waals surface area contributed by atoms with Crippen LogP contribution in [0.15, 0.2) is 18.3 Å². The number of amides is 2. The Labute approximate surface area is 183 Å². The minimum absolute atomic E-state index is 0.0405. The summed E-state index contributed by atoms with van der Waals surface area (Å²) in [6.45, 7) is 9.62. The van der Waals surface area contributed by atoms with Crippen LogP contribution in [0.1, 0.15) is 65.4 Å². The zero-order chi connectivity index (χ0) is 22.9. The molecule has 0 bridgehead atoms. The van der Waals surface area contributed by atoms with Crippen LogP contribution in [0.4, 0.5) is 10.6 Å². The number of nitrogens with zero attached hydrogens (tertiary/aromatic N) is 3. The minimum atomic E-state index is -1.01. The Morgan fingerprint density at radius 2 is 1.81 bits per heavy atom. The van der Waals surface area contributed by atoms with E-state index in [0.29, 0.717) is 11.7 Å². The topological polar surface area (TPSA) is 100 Å². The van der Waals surface area contributed by atoms with Crippen molar-refractivity contribution in [3.05, 3.63) is 23.9 Å². The van der Waals surface area contributed by atoms with E-state index in [-0.39, 0.29) is 31.5 Å². The summed E-state index contributed by atoms with van der Waals surface area (Å²) in [6.07, 6.45) is 3.18. The Hall–Kier alpha value is -2.64. The molecule has 2 aliphatic rings. The van der Waals surface area contributed by atoms with Crippen molar-refractivity contribution in [2.45, 2.75) is 71.4 Å². The molecular weight excluding hydrogens is 398 g/mol. The second kappa shape index (κ2) is 8.85. The molecule has 2 fully saturated rings. The molecule has 170 valence electrons. The third-order valence-corrected chi connectivity index (χ3v) is 5.63. The van der Waals surface area contributed by atoms with E-state index in [4.69, 9.17) is 4.74 Å². The Kier molecular flexibility index (Phi) is 6.57. The number of ether oxygens (including phenoxy) is 1. The Morgan fingerprint density at radius 1 is 1.16 bits per heavy atom. The SMILES string of the molecule is CC(C)c1ccc(N(C(=O)[C@@H]2C[C@H](C(=O)O)CN(C(=O)OC(C)(C)C)C2)C2CC2)nc1. The first-order valence-electron chi connectivity index (χ1n) is 11.0. The molecule has 0 spiro atoms. The van der Waals surface area contributed by atoms with Crippen molar-refractivity contribution in [3.63, 3.8) is 0 Å². The molecule has 1 saturated heterocycles. The summed E-state index contributed by atoms with van der Waals surface area (Å²) >= 11 is 0. The van der Waals surface area contributed by atoms with Crippen LogP contribution in [-0.4, -0.2) is 57.7 Å². The predicted molar refractivity (Wildman–Crippen MR) is 116 cm³/mol. The van der Waals surface area contributed by atoms with Crippen molar-refractivity contribution in [1.29, 1.82) is 0 Å². The van der Waals surface area contributed by atoms with Gasteiger partial charge in [-0.05, 0) is 57.6 Å². The number of carbonyl (C=O) groups excluding carboxylic acids is 2. The van der Waals surface area contributed by atoms with Gasteiger partial charge < -0.3 is 14.7 Å². The molecule has 1 aromatic rings. The highest BCUT2D eigenvalue weighted by Crippen LogP contribution is 2.35. The van der Waals surface area contributed by atoms with Crippen molar-refractivity contribution in [3.8, 4) is 0 Å². The number of aliphatic carboxylic acids is 1. The van der Waals surface area contributed by atoms with Gasteiger partial charge in [-0.3, -0.25) is 14.5 Å². The van der Waals surface area contributed by atoms with Gasteiger partial charge in [-0.2, -0.15) is 0 Å². The number of rotatable bonds is 5. The fraction of sp³-hybridized carbons (Fsp3) is 0.652. The van der Waals surface area contributed by atoms with Gasteiger partial charge in [0.05, 0.1) is 11.8 Å². The maximum atomic E-state index is 13.5. The second-order valence-electron chi connectivity index (χ2n) is 9.90. The first-order chi connectivity index (χ1) is 14.5. The summed E-state index contributed by atoms with van der Waals surface area (Å²) in [6, 6.07) is 3.91. The van der Waals surface area contributed by atoms with Crippen molar-refractivity contribution in [2.24, 2.45) is 11.8 Å². The molecule has 8 nitrogen and oxygen atoms in total. The maximum Gasteiger partial charge on any atom is 0.410 e. The monoisotopic (exact) mass is 431 g/mol. The van der Waals surface area contributed by atoms with Crippen LogP contribution in [0.5, 0.6) is 0 Å². The molecule has 1 saturated carbocycles. The number of carbonyl (C=O) groups is 3. The maximum absolute atomic E-state index is 13.5. The van der Waals surface area contributed by atoms with E-state index in [2.05, 4.69) is 18.8 Å². The second-order valence-corrected chi connectivity index (χ2v) is 9.90. The first-order valence-corrected chi connectivity index (χ1v) is 11.0. The highest BCUT2D eigenvalue weighted by Gasteiger charge is 2.43. The molecule has 1 aliphatic carbocycles. The van der Waals surface area contributed by atoms with E-state index in [0.717, 1.165) is 18.4 Å². The van der Waals surface area contributed by atoms with Gasteiger partial charge in [-0.1, -0.05) is 19.9 Å². The molecule has 1 aromatic heterocycles. The third kappa shape index (κ3) is 5.74. The summed E-state index contributed by atoms with van der Waals surface area (Å²) < 4.78 is 5.43. The number of carboxylic acid groups (broad SMARTS) is 1. The number of piperidine rings is 1. The van der Waals surface area contributed by atoms with Crippen LogP contribution in [0.25, 0.3) is 0 Å². The molecule has 1 aliphatic heterocycles. The Morgan fingerprint density at radius 3 is 2.29 bits per heavy atom. The van der Waals surface area contributed by atoms with Gasteiger partial charge in [0.15, 0.2) is 0 Å². The number of carboxylic acids is 1. The van der Waals surface area contributed by atoms with Gasteiger partial charge in [0.2, 0.25) is 5.91 Å². The lowest BCUT2D eigenvalue weighted by Gasteiger charge is -2.38. The van der Waals surface area contributed by atoms with Gasteiger partial charge in [-0.15, -0.1) is 0 Å². The number of aromatic nitrogens is 1. The van der Waals surface area contributed by atoms with Crippen molar-refractivity contribution in [2.75, 3.05) is 18.0 Å². The van der Waals surface area contributed by atoms with E-state index < -0.39 is 29.5 Å². The predicted octanol–water partition coefficient (Wildman–Crippen LogP) is 3.66. The van der Waals surface area contributed by atoms with E-state index >= 15 is 0 Å². The fourth-order valence-corrected chi connectivity index (χ4v) is 3.82. The van der Waals surface area contributed by atoms with Gasteiger partial charge >= 0.3 is 12.1 Å². The molecule has 2 amide bonds. The van der Waals surface area contributed by atoms with Crippen molar-refractivity contribution in [1.82, 2.24) is 9.88 Å². The summed E-state index contributed by atoms with van der Waals surface area (Å²) in [5, 5.41) is 9.61. The molecule has 1 N–H and O–H groups in total. The zero-order valence-corrected chi connectivity index (χ0v) is 19.0. The molecular formula is C23H33N3O5. The Balaban J connectivity index is 1.82. The van der Waals surface area contributed by atoms with Crippen LogP contribution in [0.3, 0.4) is 0 Å². The average molecular weight is 432 g/mol. The molecule has 31 heavy (non-hydrogen) atoms. The quantitative estimate of drug-likeness (QED) is 0.764. The smallest absolute Gasteiger partial charge is 0.410 e. The van der Waals surface area contributed by atoms with E-state index in [9.17, 15) is 19.5 Å². The van der Waals surface area contributed by atoms with Crippen LogP contribution in [-0.2, 0) is 14.3 Å². The van der Waals surface area contributed by atoms with Gasteiger partial charge in [0.1, 0.15) is 11.4 Å². The standard InChI is InChI=1S/C23H33N3O5/c1-14(2)15-6-9-19(24-11-15)26(18-7-8-18)20(27)16-10-17(21(28)29)13-25(12-16)22(30)31-23(3,4)5/h6,9,11,14,16-18H,7-8,10,12-13H2,1-5H3,(H,28,29)/t16-,17+/m1/s1. The van der Waals surface area contributed by atoms with Gasteiger partial charge in [0.25, 0.3) is 0 Å². The highest BCUT2D eigenvalue weighted by molar-refractivity contribution is 5.96. The molecule has 3 rings (SSSR count). The zero-order valence-electron chi connectivity index (χ0n) is 19.0. The summed E-state index contributed by atoms with van der Waals surface area (Å²) in [5.41, 5.74) is 0.390. The summed E-state index contributed by atoms with van der Waals surface area (Å²) in [4.78, 5) is 45.5. The molecule has 0 radical (unpaired) electrons. The van der Waals surface area contributed by atoms with Crippen LogP contribution < -0.4 is 4.90 Å². The van der Waals surface area contributed by atoms with E-state index in [1.807, 2.05) is 12.1 Å². The molecule has 0 unspecified atom stereocenters. The number of likely N-dealkylation sites (tertiary alicyclic amines) is 1.